The number of rotatable bonds is 9. The van der Waals surface area contributed by atoms with Gasteiger partial charge in [0.05, 0.1) is 4.90 Å². The molecule has 0 fully saturated rings. The standard InChI is InChI=1S/C16H26N2O2S/c1-2-3-4-5-6-7-10-18-21(19,20)16-9-8-14-12-17-13-15(14)11-16/h8-9,11,17-18H,2-7,10,12-13H2,1H3. The van der Waals surface area contributed by atoms with Crippen LogP contribution in [0.15, 0.2) is 23.1 Å². The Morgan fingerprint density at radius 3 is 2.57 bits per heavy atom. The Balaban J connectivity index is 1.79. The molecule has 2 rings (SSSR count). The van der Waals surface area contributed by atoms with Gasteiger partial charge in [0.2, 0.25) is 10.0 Å². The molecule has 4 nitrogen and oxygen atoms in total. The second-order valence-corrected chi connectivity index (χ2v) is 7.47. The van der Waals surface area contributed by atoms with Gasteiger partial charge in [-0.2, -0.15) is 0 Å². The Hall–Kier alpha value is -0.910. The second kappa shape index (κ2) is 7.92. The van der Waals surface area contributed by atoms with E-state index in [-0.39, 0.29) is 0 Å². The summed E-state index contributed by atoms with van der Waals surface area (Å²) in [6.45, 7) is 4.32. The van der Waals surface area contributed by atoms with Gasteiger partial charge >= 0.3 is 0 Å². The van der Waals surface area contributed by atoms with Crippen molar-refractivity contribution in [2.45, 2.75) is 63.4 Å². The quantitative estimate of drug-likeness (QED) is 0.690. The van der Waals surface area contributed by atoms with Crippen LogP contribution in [0.3, 0.4) is 0 Å². The zero-order valence-electron chi connectivity index (χ0n) is 12.8. The first-order chi connectivity index (χ1) is 10.1. The van der Waals surface area contributed by atoms with Crippen LogP contribution in [0.5, 0.6) is 0 Å². The Morgan fingerprint density at radius 1 is 1.05 bits per heavy atom. The van der Waals surface area contributed by atoms with Crippen LogP contribution in [0.4, 0.5) is 0 Å². The van der Waals surface area contributed by atoms with Gasteiger partial charge in [0, 0.05) is 19.6 Å². The SMILES string of the molecule is CCCCCCCCNS(=O)(=O)c1ccc2c(c1)CNC2. The maximum Gasteiger partial charge on any atom is 0.240 e. The van der Waals surface area contributed by atoms with Crippen molar-refractivity contribution in [1.82, 2.24) is 10.0 Å². The van der Waals surface area contributed by atoms with Crippen molar-refractivity contribution >= 4 is 10.0 Å². The average Bonchev–Trinajstić information content (AvgIpc) is 2.93. The molecule has 1 aliphatic heterocycles. The van der Waals surface area contributed by atoms with Crippen molar-refractivity contribution in [3.05, 3.63) is 29.3 Å². The van der Waals surface area contributed by atoms with Gasteiger partial charge in [0.15, 0.2) is 0 Å². The molecule has 0 aromatic heterocycles. The third-order valence-electron chi connectivity index (χ3n) is 3.94. The van der Waals surface area contributed by atoms with E-state index in [2.05, 4.69) is 17.0 Å². The lowest BCUT2D eigenvalue weighted by Crippen LogP contribution is -2.24. The lowest BCUT2D eigenvalue weighted by atomic mass is 10.1. The summed E-state index contributed by atoms with van der Waals surface area (Å²) in [6, 6.07) is 5.41. The molecule has 0 atom stereocenters. The second-order valence-electron chi connectivity index (χ2n) is 5.70. The maximum atomic E-state index is 12.2. The summed E-state index contributed by atoms with van der Waals surface area (Å²) in [5.41, 5.74) is 2.29. The topological polar surface area (TPSA) is 58.2 Å². The summed E-state index contributed by atoms with van der Waals surface area (Å²) in [7, 11) is -3.36. The van der Waals surface area contributed by atoms with E-state index in [1.807, 2.05) is 6.07 Å². The number of hydrogen-bond donors (Lipinski definition) is 2. The van der Waals surface area contributed by atoms with Crippen LogP contribution in [0.2, 0.25) is 0 Å². The number of hydrogen-bond acceptors (Lipinski definition) is 3. The average molecular weight is 310 g/mol. The molecule has 0 aliphatic carbocycles. The molecule has 0 bridgehead atoms. The zero-order chi connectivity index (χ0) is 15.1. The molecule has 2 N–H and O–H groups in total. The molecule has 0 amide bonds. The summed E-state index contributed by atoms with van der Waals surface area (Å²) in [5, 5.41) is 3.23. The minimum absolute atomic E-state index is 0.385. The van der Waals surface area contributed by atoms with Crippen LogP contribution in [0.1, 0.15) is 56.6 Å². The highest BCUT2D eigenvalue weighted by molar-refractivity contribution is 7.89. The third kappa shape index (κ3) is 4.80. The van der Waals surface area contributed by atoms with Crippen molar-refractivity contribution in [3.8, 4) is 0 Å². The largest absolute Gasteiger partial charge is 0.309 e. The highest BCUT2D eigenvalue weighted by Gasteiger charge is 2.17. The number of unbranched alkanes of at least 4 members (excludes halogenated alkanes) is 5. The highest BCUT2D eigenvalue weighted by atomic mass is 32.2. The van der Waals surface area contributed by atoms with E-state index in [9.17, 15) is 8.42 Å². The van der Waals surface area contributed by atoms with Gasteiger partial charge in [0.1, 0.15) is 0 Å². The molecule has 21 heavy (non-hydrogen) atoms. The van der Waals surface area contributed by atoms with E-state index in [1.165, 1.54) is 31.2 Å². The van der Waals surface area contributed by atoms with Gasteiger partial charge in [-0.3, -0.25) is 0 Å². The predicted molar refractivity (Wildman–Crippen MR) is 85.6 cm³/mol. The number of nitrogens with one attached hydrogen (secondary N) is 2. The first-order valence-corrected chi connectivity index (χ1v) is 9.44. The maximum absolute atomic E-state index is 12.2. The Labute approximate surface area is 128 Å². The van der Waals surface area contributed by atoms with Gasteiger partial charge in [-0.15, -0.1) is 0 Å². The molecular formula is C16H26N2O2S. The van der Waals surface area contributed by atoms with E-state index >= 15 is 0 Å². The normalized spacial score (nSPS) is 14.3. The van der Waals surface area contributed by atoms with Crippen LogP contribution >= 0.6 is 0 Å². The summed E-state index contributed by atoms with van der Waals surface area (Å²) < 4.78 is 27.2. The number of fused-ring (bicyclic) bond motifs is 1. The number of benzene rings is 1. The zero-order valence-corrected chi connectivity index (χ0v) is 13.6. The lowest BCUT2D eigenvalue weighted by molar-refractivity contribution is 0.567. The molecule has 0 unspecified atom stereocenters. The van der Waals surface area contributed by atoms with Crippen LogP contribution in [-0.2, 0) is 23.1 Å². The third-order valence-corrected chi connectivity index (χ3v) is 5.40. The van der Waals surface area contributed by atoms with E-state index in [1.54, 1.807) is 12.1 Å². The molecule has 5 heteroatoms. The van der Waals surface area contributed by atoms with Crippen LogP contribution in [0, 0.1) is 0 Å². The Morgan fingerprint density at radius 2 is 1.76 bits per heavy atom. The summed E-state index contributed by atoms with van der Waals surface area (Å²) in [5.74, 6) is 0. The monoisotopic (exact) mass is 310 g/mol. The molecule has 0 radical (unpaired) electrons. The Bertz CT molecular complexity index is 555. The lowest BCUT2D eigenvalue weighted by Gasteiger charge is -2.08. The molecule has 0 saturated heterocycles. The van der Waals surface area contributed by atoms with Crippen molar-refractivity contribution in [2.24, 2.45) is 0 Å². The smallest absolute Gasteiger partial charge is 0.240 e. The van der Waals surface area contributed by atoms with E-state index < -0.39 is 10.0 Å². The van der Waals surface area contributed by atoms with E-state index in [0.717, 1.165) is 31.5 Å². The van der Waals surface area contributed by atoms with Crippen molar-refractivity contribution < 1.29 is 8.42 Å². The van der Waals surface area contributed by atoms with Gasteiger partial charge in [-0.1, -0.05) is 45.1 Å². The molecule has 0 spiro atoms. The molecule has 1 aliphatic rings. The molecule has 1 aromatic carbocycles. The minimum atomic E-state index is -3.36. The van der Waals surface area contributed by atoms with Gasteiger partial charge in [-0.25, -0.2) is 13.1 Å². The Kier molecular flexibility index (Phi) is 6.21. The number of sulfonamides is 1. The van der Waals surface area contributed by atoms with Crippen LogP contribution in [-0.4, -0.2) is 15.0 Å². The van der Waals surface area contributed by atoms with Crippen molar-refractivity contribution in [2.75, 3.05) is 6.54 Å². The first kappa shape index (κ1) is 16.5. The van der Waals surface area contributed by atoms with Gasteiger partial charge in [0.25, 0.3) is 0 Å². The van der Waals surface area contributed by atoms with E-state index in [4.69, 9.17) is 0 Å². The molecule has 118 valence electrons. The fraction of sp³-hybridized carbons (Fsp3) is 0.625. The van der Waals surface area contributed by atoms with Crippen LogP contribution < -0.4 is 10.0 Å². The molecule has 0 saturated carbocycles. The minimum Gasteiger partial charge on any atom is -0.309 e. The molecular weight excluding hydrogens is 284 g/mol. The van der Waals surface area contributed by atoms with Gasteiger partial charge in [-0.05, 0) is 29.7 Å². The van der Waals surface area contributed by atoms with Crippen LogP contribution in [0.25, 0.3) is 0 Å². The van der Waals surface area contributed by atoms with Crippen molar-refractivity contribution in [3.63, 3.8) is 0 Å². The summed E-state index contributed by atoms with van der Waals surface area (Å²) in [6.07, 6.45) is 6.96. The molecule has 1 aromatic rings. The fourth-order valence-electron chi connectivity index (χ4n) is 2.63. The highest BCUT2D eigenvalue weighted by Crippen LogP contribution is 2.19. The fourth-order valence-corrected chi connectivity index (χ4v) is 3.76. The summed E-state index contributed by atoms with van der Waals surface area (Å²) in [4.78, 5) is 0.385. The summed E-state index contributed by atoms with van der Waals surface area (Å²) >= 11 is 0. The predicted octanol–water partition coefficient (Wildman–Crippen LogP) is 2.93. The van der Waals surface area contributed by atoms with E-state index in [0.29, 0.717) is 11.4 Å². The molecule has 1 heterocycles. The first-order valence-electron chi connectivity index (χ1n) is 7.95. The van der Waals surface area contributed by atoms with Crippen molar-refractivity contribution in [1.29, 1.82) is 0 Å². The van der Waals surface area contributed by atoms with Gasteiger partial charge < -0.3 is 5.32 Å².